The van der Waals surface area contributed by atoms with Crippen molar-refractivity contribution in [3.8, 4) is 0 Å². The number of carbonyl (C=O) groups is 1. The molecule has 1 fully saturated rings. The number of rotatable bonds is 3. The minimum Gasteiger partial charge on any atom is -0.479 e. The highest BCUT2D eigenvalue weighted by molar-refractivity contribution is 7.80. The minimum absolute atomic E-state index is 1.70. The lowest BCUT2D eigenvalue weighted by atomic mass is 9.99. The summed E-state index contributed by atoms with van der Waals surface area (Å²) < 4.78 is 37.4. The highest BCUT2D eigenvalue weighted by atomic mass is 32.3. The molecule has 100 valence electrons. The first-order chi connectivity index (χ1) is 7.63. The van der Waals surface area contributed by atoms with Crippen LogP contribution in [0.2, 0.25) is 0 Å². The fraction of sp³-hybridized carbons (Fsp3) is 0.833. The molecule has 0 saturated carbocycles. The van der Waals surface area contributed by atoms with Gasteiger partial charge in [-0.3, -0.25) is 4.55 Å². The number of aliphatic carboxylic acids is 1. The topological polar surface area (TPSA) is 171 Å². The van der Waals surface area contributed by atoms with E-state index in [9.17, 15) is 23.4 Å². The lowest BCUT2D eigenvalue weighted by molar-refractivity contribution is -0.275. The van der Waals surface area contributed by atoms with Gasteiger partial charge in [0.05, 0.1) is 0 Å². The summed E-state index contributed by atoms with van der Waals surface area (Å²) in [7, 11) is -5.04. The SMILES string of the molecule is O=C(O)[C@H]1O[C@H](O)[C@H](O)[C@@H](OS(=O)(=O)O)[C@@H]1O. The zero-order valence-electron chi connectivity index (χ0n) is 8.07. The van der Waals surface area contributed by atoms with Crippen LogP contribution in [0.1, 0.15) is 0 Å². The Morgan fingerprint density at radius 1 is 1.18 bits per heavy atom. The highest BCUT2D eigenvalue weighted by Gasteiger charge is 2.49. The van der Waals surface area contributed by atoms with Gasteiger partial charge in [-0.2, -0.15) is 8.42 Å². The van der Waals surface area contributed by atoms with Gasteiger partial charge in [-0.1, -0.05) is 0 Å². The molecule has 1 saturated heterocycles. The van der Waals surface area contributed by atoms with Gasteiger partial charge in [-0.05, 0) is 0 Å². The number of hydrogen-bond acceptors (Lipinski definition) is 8. The number of aliphatic hydroxyl groups is 3. The molecule has 11 heteroatoms. The molecule has 1 rings (SSSR count). The van der Waals surface area contributed by atoms with E-state index in [-0.39, 0.29) is 0 Å². The summed E-state index contributed by atoms with van der Waals surface area (Å²) >= 11 is 0. The third-order valence-electron chi connectivity index (χ3n) is 2.04. The number of aliphatic hydroxyl groups excluding tert-OH is 3. The van der Waals surface area contributed by atoms with Crippen LogP contribution in [0.4, 0.5) is 0 Å². The highest BCUT2D eigenvalue weighted by Crippen LogP contribution is 2.23. The van der Waals surface area contributed by atoms with Gasteiger partial charge in [0.1, 0.15) is 18.3 Å². The maximum atomic E-state index is 10.6. The molecule has 0 radical (unpaired) electrons. The first-order valence-corrected chi connectivity index (χ1v) is 5.58. The van der Waals surface area contributed by atoms with E-state index in [1.165, 1.54) is 0 Å². The fourth-order valence-electron chi connectivity index (χ4n) is 1.31. The first kappa shape index (κ1) is 14.2. The second-order valence-electron chi connectivity index (χ2n) is 3.26. The maximum Gasteiger partial charge on any atom is 0.397 e. The zero-order chi connectivity index (χ0) is 13.4. The van der Waals surface area contributed by atoms with E-state index >= 15 is 0 Å². The van der Waals surface area contributed by atoms with Crippen LogP contribution in [-0.4, -0.2) is 70.1 Å². The number of carboxylic acids is 1. The summed E-state index contributed by atoms with van der Waals surface area (Å²) in [5, 5.41) is 36.3. The van der Waals surface area contributed by atoms with Crippen LogP contribution in [-0.2, 0) is 24.1 Å². The summed E-state index contributed by atoms with van der Waals surface area (Å²) in [6.45, 7) is 0. The standard InChI is InChI=1S/C6H10O10S/c7-1-3(16-17(12,13)14)2(8)6(11)15-4(1)5(9)10/h1-4,6-8,11H,(H,9,10)(H,12,13,14)/t1-,2+,3-,4-,6-/m0/s1. The van der Waals surface area contributed by atoms with Gasteiger partial charge in [0.25, 0.3) is 0 Å². The molecule has 1 aliphatic rings. The monoisotopic (exact) mass is 274 g/mol. The van der Waals surface area contributed by atoms with Crippen molar-refractivity contribution in [2.75, 3.05) is 0 Å². The molecule has 0 unspecified atom stereocenters. The van der Waals surface area contributed by atoms with E-state index in [0.717, 1.165) is 0 Å². The van der Waals surface area contributed by atoms with Gasteiger partial charge in [0.15, 0.2) is 12.4 Å². The molecule has 0 amide bonds. The van der Waals surface area contributed by atoms with Crippen molar-refractivity contribution in [2.45, 2.75) is 30.7 Å². The molecule has 1 heterocycles. The predicted molar refractivity (Wildman–Crippen MR) is 47.0 cm³/mol. The summed E-state index contributed by atoms with van der Waals surface area (Å²) in [5.74, 6) is -1.70. The smallest absolute Gasteiger partial charge is 0.397 e. The third-order valence-corrected chi connectivity index (χ3v) is 2.50. The van der Waals surface area contributed by atoms with Crippen LogP contribution in [0.3, 0.4) is 0 Å². The lowest BCUT2D eigenvalue weighted by Crippen LogP contribution is -2.60. The molecule has 17 heavy (non-hydrogen) atoms. The van der Waals surface area contributed by atoms with Crippen LogP contribution < -0.4 is 0 Å². The molecule has 0 aromatic heterocycles. The Morgan fingerprint density at radius 2 is 1.71 bits per heavy atom. The van der Waals surface area contributed by atoms with Crippen molar-refractivity contribution >= 4 is 16.4 Å². The van der Waals surface area contributed by atoms with E-state index in [4.69, 9.17) is 14.8 Å². The van der Waals surface area contributed by atoms with Gasteiger partial charge >= 0.3 is 16.4 Å². The Balaban J connectivity index is 2.95. The average Bonchev–Trinajstić information content (AvgIpc) is 2.16. The quantitative estimate of drug-likeness (QED) is 0.328. The minimum atomic E-state index is -5.04. The molecular weight excluding hydrogens is 264 g/mol. The molecule has 0 aromatic rings. The molecule has 0 aliphatic carbocycles. The fourth-order valence-corrected chi connectivity index (χ4v) is 1.81. The lowest BCUT2D eigenvalue weighted by Gasteiger charge is -2.37. The maximum absolute atomic E-state index is 10.6. The Labute approximate surface area is 95.0 Å². The molecule has 5 atom stereocenters. The number of carboxylic acid groups (broad SMARTS) is 1. The van der Waals surface area contributed by atoms with E-state index in [0.29, 0.717) is 0 Å². The van der Waals surface area contributed by atoms with Crippen molar-refractivity contribution in [3.63, 3.8) is 0 Å². The summed E-state index contributed by atoms with van der Waals surface area (Å²) in [4.78, 5) is 10.6. The Kier molecular flexibility index (Phi) is 4.03. The van der Waals surface area contributed by atoms with Crippen LogP contribution in [0.25, 0.3) is 0 Å². The van der Waals surface area contributed by atoms with Crippen LogP contribution in [0, 0.1) is 0 Å². The molecule has 0 bridgehead atoms. The molecule has 1 aliphatic heterocycles. The van der Waals surface area contributed by atoms with Crippen LogP contribution in [0.5, 0.6) is 0 Å². The Morgan fingerprint density at radius 3 is 2.12 bits per heavy atom. The van der Waals surface area contributed by atoms with Gasteiger partial charge in [0, 0.05) is 0 Å². The molecule has 5 N–H and O–H groups in total. The third kappa shape index (κ3) is 3.32. The number of ether oxygens (including phenoxy) is 1. The van der Waals surface area contributed by atoms with E-state index in [1.54, 1.807) is 0 Å². The van der Waals surface area contributed by atoms with Crippen molar-refractivity contribution in [1.29, 1.82) is 0 Å². The van der Waals surface area contributed by atoms with E-state index < -0.39 is 47.1 Å². The van der Waals surface area contributed by atoms with E-state index in [2.05, 4.69) is 8.92 Å². The van der Waals surface area contributed by atoms with Crippen molar-refractivity contribution in [1.82, 2.24) is 0 Å². The molecular formula is C6H10O10S. The zero-order valence-corrected chi connectivity index (χ0v) is 8.89. The average molecular weight is 274 g/mol. The molecule has 0 aromatic carbocycles. The predicted octanol–water partition coefficient (Wildman–Crippen LogP) is -3.30. The van der Waals surface area contributed by atoms with Gasteiger partial charge < -0.3 is 25.2 Å². The Hall–Kier alpha value is -0.820. The van der Waals surface area contributed by atoms with Crippen molar-refractivity contribution < 1.29 is 47.1 Å². The van der Waals surface area contributed by atoms with Crippen LogP contribution in [0.15, 0.2) is 0 Å². The molecule has 0 spiro atoms. The Bertz CT molecular complexity index is 390. The van der Waals surface area contributed by atoms with Gasteiger partial charge in [-0.15, -0.1) is 0 Å². The normalized spacial score (nSPS) is 38.9. The van der Waals surface area contributed by atoms with Crippen molar-refractivity contribution in [3.05, 3.63) is 0 Å². The number of hydrogen-bond donors (Lipinski definition) is 5. The van der Waals surface area contributed by atoms with Crippen molar-refractivity contribution in [2.24, 2.45) is 0 Å². The van der Waals surface area contributed by atoms with Gasteiger partial charge in [0.2, 0.25) is 0 Å². The van der Waals surface area contributed by atoms with Crippen LogP contribution >= 0.6 is 0 Å². The van der Waals surface area contributed by atoms with Gasteiger partial charge in [-0.25, -0.2) is 8.98 Å². The summed E-state index contributed by atoms with van der Waals surface area (Å²) in [5.41, 5.74) is 0. The van der Waals surface area contributed by atoms with E-state index in [1.807, 2.05) is 0 Å². The second kappa shape index (κ2) is 4.81. The largest absolute Gasteiger partial charge is 0.479 e. The molecule has 10 nitrogen and oxygen atoms in total. The second-order valence-corrected chi connectivity index (χ2v) is 4.30. The summed E-state index contributed by atoms with van der Waals surface area (Å²) in [6.07, 6.45) is -10.3. The summed E-state index contributed by atoms with van der Waals surface area (Å²) in [6, 6.07) is 0. The first-order valence-electron chi connectivity index (χ1n) is 4.21.